The summed E-state index contributed by atoms with van der Waals surface area (Å²) in [5, 5.41) is 1.98. The Labute approximate surface area is 86.1 Å². The molecule has 0 bridgehead atoms. The van der Waals surface area contributed by atoms with Crippen molar-refractivity contribution < 1.29 is 0 Å². The fourth-order valence-corrected chi connectivity index (χ4v) is 1.36. The van der Waals surface area contributed by atoms with Gasteiger partial charge < -0.3 is 0 Å². The first-order valence-electron chi connectivity index (χ1n) is 5.12. The Balaban J connectivity index is 2.81. The highest BCUT2D eigenvalue weighted by Gasteiger charge is 2.05. The van der Waals surface area contributed by atoms with Gasteiger partial charge in [0, 0.05) is 13.1 Å². The van der Waals surface area contributed by atoms with Crippen LogP contribution in [0.3, 0.4) is 0 Å². The number of nitrogens with one attached hydrogen (secondary N) is 2. The van der Waals surface area contributed by atoms with Crippen LogP contribution in [0.5, 0.6) is 0 Å². The molecule has 0 heterocycles. The zero-order chi connectivity index (χ0) is 10.4. The van der Waals surface area contributed by atoms with Gasteiger partial charge in [-0.2, -0.15) is 0 Å². The lowest BCUT2D eigenvalue weighted by atomic mass is 10.2. The largest absolute Gasteiger partial charge is 0.241 e. The molecule has 1 aromatic rings. The molecule has 0 saturated carbocycles. The van der Waals surface area contributed by atoms with Gasteiger partial charge in [-0.05, 0) is 18.6 Å². The molecule has 0 amide bonds. The minimum Gasteiger partial charge on any atom is -0.241 e. The van der Waals surface area contributed by atoms with Crippen LogP contribution in [0, 0.1) is 6.92 Å². The maximum absolute atomic E-state index is 3.26. The second-order valence-electron chi connectivity index (χ2n) is 3.15. The van der Waals surface area contributed by atoms with Crippen molar-refractivity contribution in [1.82, 2.24) is 10.9 Å². The van der Waals surface area contributed by atoms with Gasteiger partial charge in [-0.1, -0.05) is 32.0 Å². The molecule has 1 aromatic carbocycles. The molecular formula is C11H19N3. The molecule has 0 aliphatic heterocycles. The molecular weight excluding hydrogens is 174 g/mol. The maximum atomic E-state index is 3.26. The molecule has 0 aliphatic carbocycles. The van der Waals surface area contributed by atoms with Crippen molar-refractivity contribution in [2.24, 2.45) is 0 Å². The standard InChI is InChI=1S/C11H19N3/c1-4-12-14(13-5-2)11-9-7-6-8-10(11)3/h6-9,12-13H,4-5H2,1-3H3. The molecule has 1 rings (SSSR count). The number of benzene rings is 1. The van der Waals surface area contributed by atoms with E-state index in [1.807, 2.05) is 11.2 Å². The molecule has 0 spiro atoms. The average Bonchev–Trinajstić information content (AvgIpc) is 2.18. The molecule has 0 fully saturated rings. The molecule has 0 aromatic heterocycles. The van der Waals surface area contributed by atoms with Crippen LogP contribution in [-0.2, 0) is 0 Å². The van der Waals surface area contributed by atoms with E-state index in [9.17, 15) is 0 Å². The van der Waals surface area contributed by atoms with E-state index in [4.69, 9.17) is 0 Å². The van der Waals surface area contributed by atoms with Crippen molar-refractivity contribution in [3.05, 3.63) is 29.8 Å². The monoisotopic (exact) mass is 193 g/mol. The van der Waals surface area contributed by atoms with Crippen LogP contribution in [0.2, 0.25) is 0 Å². The molecule has 3 nitrogen and oxygen atoms in total. The van der Waals surface area contributed by atoms with Gasteiger partial charge in [0.2, 0.25) is 0 Å². The summed E-state index contributed by atoms with van der Waals surface area (Å²) >= 11 is 0. The normalized spacial score (nSPS) is 10.2. The zero-order valence-corrected chi connectivity index (χ0v) is 9.17. The summed E-state index contributed by atoms with van der Waals surface area (Å²) in [5.74, 6) is 0. The smallest absolute Gasteiger partial charge is 0.0731 e. The van der Waals surface area contributed by atoms with E-state index in [1.54, 1.807) is 0 Å². The van der Waals surface area contributed by atoms with E-state index >= 15 is 0 Å². The lowest BCUT2D eigenvalue weighted by Gasteiger charge is -2.26. The van der Waals surface area contributed by atoms with Gasteiger partial charge in [0.25, 0.3) is 0 Å². The topological polar surface area (TPSA) is 27.3 Å². The lowest BCUT2D eigenvalue weighted by Crippen LogP contribution is -2.48. The lowest BCUT2D eigenvalue weighted by molar-refractivity contribution is 0.549. The van der Waals surface area contributed by atoms with Crippen LogP contribution in [0.15, 0.2) is 24.3 Å². The molecule has 0 unspecified atom stereocenters. The minimum absolute atomic E-state index is 0.904. The van der Waals surface area contributed by atoms with Gasteiger partial charge in [-0.25, -0.2) is 16.0 Å². The molecule has 0 saturated heterocycles. The summed E-state index contributed by atoms with van der Waals surface area (Å²) in [6, 6.07) is 8.30. The Morgan fingerprint density at radius 2 is 1.64 bits per heavy atom. The van der Waals surface area contributed by atoms with Gasteiger partial charge in [-0.15, -0.1) is 0 Å². The summed E-state index contributed by atoms with van der Waals surface area (Å²) in [7, 11) is 0. The van der Waals surface area contributed by atoms with E-state index in [2.05, 4.69) is 49.8 Å². The van der Waals surface area contributed by atoms with Crippen LogP contribution in [0.1, 0.15) is 19.4 Å². The molecule has 3 heteroatoms. The fourth-order valence-electron chi connectivity index (χ4n) is 1.36. The third-order valence-corrected chi connectivity index (χ3v) is 1.99. The first-order chi connectivity index (χ1) is 6.79. The number of rotatable bonds is 5. The summed E-state index contributed by atoms with van der Waals surface area (Å²) in [6.07, 6.45) is 0. The minimum atomic E-state index is 0.904. The number of para-hydroxylation sites is 1. The van der Waals surface area contributed by atoms with Gasteiger partial charge in [0.15, 0.2) is 0 Å². The average molecular weight is 193 g/mol. The molecule has 2 N–H and O–H groups in total. The Morgan fingerprint density at radius 3 is 2.14 bits per heavy atom. The third kappa shape index (κ3) is 2.72. The summed E-state index contributed by atoms with van der Waals surface area (Å²) in [4.78, 5) is 0. The number of aryl methyl sites for hydroxylation is 1. The van der Waals surface area contributed by atoms with Crippen molar-refractivity contribution in [3.63, 3.8) is 0 Å². The number of hydrazine groups is 2. The Morgan fingerprint density at radius 1 is 1.07 bits per heavy atom. The fraction of sp³-hybridized carbons (Fsp3) is 0.455. The summed E-state index contributed by atoms with van der Waals surface area (Å²) in [5.41, 5.74) is 8.96. The van der Waals surface area contributed by atoms with Crippen molar-refractivity contribution in [2.45, 2.75) is 20.8 Å². The van der Waals surface area contributed by atoms with E-state index in [-0.39, 0.29) is 0 Å². The second-order valence-corrected chi connectivity index (χ2v) is 3.15. The number of anilines is 1. The zero-order valence-electron chi connectivity index (χ0n) is 9.17. The SMILES string of the molecule is CCNN(NCC)c1ccccc1C. The van der Waals surface area contributed by atoms with Crippen LogP contribution in [-0.4, -0.2) is 13.1 Å². The van der Waals surface area contributed by atoms with Crippen molar-refractivity contribution in [1.29, 1.82) is 0 Å². The van der Waals surface area contributed by atoms with E-state index in [1.165, 1.54) is 11.3 Å². The summed E-state index contributed by atoms with van der Waals surface area (Å²) < 4.78 is 0. The predicted octanol–water partition coefficient (Wildman–Crippen LogP) is 1.85. The first-order valence-corrected chi connectivity index (χ1v) is 5.12. The van der Waals surface area contributed by atoms with Crippen molar-refractivity contribution in [2.75, 3.05) is 18.2 Å². The highest BCUT2D eigenvalue weighted by molar-refractivity contribution is 5.50. The van der Waals surface area contributed by atoms with Crippen LogP contribution >= 0.6 is 0 Å². The van der Waals surface area contributed by atoms with Crippen LogP contribution in [0.4, 0.5) is 5.69 Å². The third-order valence-electron chi connectivity index (χ3n) is 1.99. The van der Waals surface area contributed by atoms with Crippen LogP contribution < -0.4 is 16.0 Å². The van der Waals surface area contributed by atoms with E-state index < -0.39 is 0 Å². The van der Waals surface area contributed by atoms with Gasteiger partial charge in [0.05, 0.1) is 5.69 Å². The summed E-state index contributed by atoms with van der Waals surface area (Å²) in [6.45, 7) is 8.09. The Bertz CT molecular complexity index is 267. The Kier molecular flexibility index (Phi) is 4.43. The van der Waals surface area contributed by atoms with Gasteiger partial charge in [0.1, 0.15) is 0 Å². The molecule has 0 atom stereocenters. The van der Waals surface area contributed by atoms with Crippen molar-refractivity contribution >= 4 is 5.69 Å². The maximum Gasteiger partial charge on any atom is 0.0731 e. The van der Waals surface area contributed by atoms with Crippen LogP contribution in [0.25, 0.3) is 0 Å². The molecule has 14 heavy (non-hydrogen) atoms. The van der Waals surface area contributed by atoms with E-state index in [0.717, 1.165) is 13.1 Å². The van der Waals surface area contributed by atoms with Gasteiger partial charge >= 0.3 is 0 Å². The van der Waals surface area contributed by atoms with Gasteiger partial charge in [-0.3, -0.25) is 0 Å². The molecule has 0 aliphatic rings. The van der Waals surface area contributed by atoms with E-state index in [0.29, 0.717) is 0 Å². The highest BCUT2D eigenvalue weighted by atomic mass is 15.7. The number of hydrogen-bond donors (Lipinski definition) is 2. The first kappa shape index (κ1) is 11.0. The van der Waals surface area contributed by atoms with Crippen molar-refractivity contribution in [3.8, 4) is 0 Å². The molecule has 0 radical (unpaired) electrons. The number of nitrogens with zero attached hydrogens (tertiary/aromatic N) is 1. The predicted molar refractivity (Wildman–Crippen MR) is 61.0 cm³/mol. The quantitative estimate of drug-likeness (QED) is 0.699. The Hall–Kier alpha value is -1.06. The second kappa shape index (κ2) is 5.62. The molecule has 78 valence electrons. The highest BCUT2D eigenvalue weighted by Crippen LogP contribution is 2.15. The number of hydrogen-bond acceptors (Lipinski definition) is 3.